The minimum Gasteiger partial charge on any atom is -0.491 e. The van der Waals surface area contributed by atoms with Gasteiger partial charge >= 0.3 is 5.97 Å². The van der Waals surface area contributed by atoms with Gasteiger partial charge in [0.2, 0.25) is 0 Å². The van der Waals surface area contributed by atoms with Gasteiger partial charge in [-0.25, -0.2) is 9.18 Å². The molecular formula is C19H16ClFN2O4S. The number of carboxylic acid groups (broad SMARTS) is 1. The number of carbonyl (C=O) groups excluding carboxylic acids is 1. The number of benzene rings is 2. The van der Waals surface area contributed by atoms with Gasteiger partial charge in [0.05, 0.1) is 16.8 Å². The number of ether oxygens (including phenoxy) is 1. The molecular weight excluding hydrogens is 407 g/mol. The molecule has 0 spiro atoms. The number of aliphatic carboxylic acids is 1. The second-order valence-corrected chi connectivity index (χ2v) is 7.27. The molecule has 146 valence electrons. The van der Waals surface area contributed by atoms with Crippen LogP contribution in [-0.4, -0.2) is 28.2 Å². The lowest BCUT2D eigenvalue weighted by molar-refractivity contribution is -0.140. The highest BCUT2D eigenvalue weighted by Gasteiger charge is 2.22. The van der Waals surface area contributed by atoms with Crippen LogP contribution in [0.15, 0.2) is 41.4 Å². The molecule has 3 aromatic rings. The monoisotopic (exact) mass is 422 g/mol. The molecule has 1 aromatic heterocycles. The van der Waals surface area contributed by atoms with Crippen molar-refractivity contribution in [1.82, 2.24) is 4.57 Å². The number of aromatic nitrogens is 1. The second-order valence-electron chi connectivity index (χ2n) is 5.86. The van der Waals surface area contributed by atoms with Crippen molar-refractivity contribution in [2.45, 2.75) is 19.9 Å². The van der Waals surface area contributed by atoms with Crippen molar-refractivity contribution >= 4 is 45.0 Å². The molecule has 1 atom stereocenters. The lowest BCUT2D eigenvalue weighted by atomic mass is 10.2. The average Bonchev–Trinajstić information content (AvgIpc) is 3.02. The Kier molecular flexibility index (Phi) is 5.81. The molecule has 28 heavy (non-hydrogen) atoms. The molecule has 0 radical (unpaired) electrons. The van der Waals surface area contributed by atoms with Crippen LogP contribution in [0.1, 0.15) is 30.2 Å². The van der Waals surface area contributed by atoms with Crippen molar-refractivity contribution in [3.05, 3.63) is 57.6 Å². The minimum absolute atomic E-state index is 0.0547. The van der Waals surface area contributed by atoms with Crippen LogP contribution in [0.25, 0.3) is 10.2 Å². The third-order valence-electron chi connectivity index (χ3n) is 4.01. The molecule has 0 aliphatic rings. The van der Waals surface area contributed by atoms with Crippen molar-refractivity contribution in [3.8, 4) is 5.75 Å². The average molecular weight is 423 g/mol. The van der Waals surface area contributed by atoms with E-state index in [2.05, 4.69) is 4.99 Å². The number of carboxylic acids is 1. The highest BCUT2D eigenvalue weighted by Crippen LogP contribution is 2.30. The Hall–Kier alpha value is -2.71. The molecule has 0 saturated heterocycles. The van der Waals surface area contributed by atoms with Gasteiger partial charge in [0.1, 0.15) is 6.04 Å². The first-order valence-electron chi connectivity index (χ1n) is 8.37. The number of hydrogen-bond acceptors (Lipinski definition) is 4. The van der Waals surface area contributed by atoms with Gasteiger partial charge in [-0.3, -0.25) is 4.79 Å². The standard InChI is InChI=1S/C19H16ClFN2O4S/c1-3-27-14-8-7-13-16(15(14)21)28-19(23(13)10(2)18(25)26)22-17(24)11-5-4-6-12(20)9-11/h4-10H,3H2,1-2H3,(H,25,26)/b22-19-. The van der Waals surface area contributed by atoms with E-state index in [-0.39, 0.29) is 27.4 Å². The number of hydrogen-bond donors (Lipinski definition) is 1. The Bertz CT molecular complexity index is 1140. The molecule has 3 rings (SSSR count). The SMILES string of the molecule is CCOc1ccc2c(s/c(=N\C(=O)c3cccc(Cl)c3)n2C(C)C(=O)O)c1F. The van der Waals surface area contributed by atoms with Crippen LogP contribution in [0.2, 0.25) is 5.02 Å². The zero-order valence-corrected chi connectivity index (χ0v) is 16.6. The zero-order valence-electron chi connectivity index (χ0n) is 15.0. The molecule has 1 amide bonds. The third-order valence-corrected chi connectivity index (χ3v) is 5.31. The van der Waals surface area contributed by atoms with Crippen LogP contribution < -0.4 is 9.54 Å². The van der Waals surface area contributed by atoms with E-state index in [9.17, 15) is 19.1 Å². The van der Waals surface area contributed by atoms with E-state index in [4.69, 9.17) is 16.3 Å². The molecule has 0 fully saturated rings. The van der Waals surface area contributed by atoms with Crippen LogP contribution in [0.5, 0.6) is 5.75 Å². The molecule has 2 aromatic carbocycles. The smallest absolute Gasteiger partial charge is 0.326 e. The fourth-order valence-corrected chi connectivity index (χ4v) is 3.98. The maximum atomic E-state index is 14.8. The molecule has 1 N–H and O–H groups in total. The summed E-state index contributed by atoms with van der Waals surface area (Å²) in [5.41, 5.74) is 0.563. The number of fused-ring (bicyclic) bond motifs is 1. The predicted molar refractivity (Wildman–Crippen MR) is 105 cm³/mol. The summed E-state index contributed by atoms with van der Waals surface area (Å²) < 4.78 is 21.6. The van der Waals surface area contributed by atoms with Crippen LogP contribution in [0.3, 0.4) is 0 Å². The number of halogens is 2. The Morgan fingerprint density at radius 1 is 1.36 bits per heavy atom. The highest BCUT2D eigenvalue weighted by atomic mass is 35.5. The Labute approximate surface area is 168 Å². The zero-order chi connectivity index (χ0) is 20.4. The maximum absolute atomic E-state index is 14.8. The fourth-order valence-electron chi connectivity index (χ4n) is 2.66. The van der Waals surface area contributed by atoms with Crippen LogP contribution in [-0.2, 0) is 4.79 Å². The Morgan fingerprint density at radius 3 is 2.75 bits per heavy atom. The van der Waals surface area contributed by atoms with E-state index in [0.717, 1.165) is 11.3 Å². The molecule has 0 saturated carbocycles. The van der Waals surface area contributed by atoms with Crippen LogP contribution in [0, 0.1) is 5.82 Å². The maximum Gasteiger partial charge on any atom is 0.326 e. The molecule has 0 bridgehead atoms. The van der Waals surface area contributed by atoms with Gasteiger partial charge in [-0.2, -0.15) is 4.99 Å². The van der Waals surface area contributed by atoms with Crippen molar-refractivity contribution in [1.29, 1.82) is 0 Å². The van der Waals surface area contributed by atoms with Crippen molar-refractivity contribution in [2.75, 3.05) is 6.61 Å². The van der Waals surface area contributed by atoms with E-state index in [1.54, 1.807) is 31.2 Å². The number of thiazole rings is 1. The summed E-state index contributed by atoms with van der Waals surface area (Å²) in [6.07, 6.45) is 0. The van der Waals surface area contributed by atoms with Crippen LogP contribution >= 0.6 is 22.9 Å². The highest BCUT2D eigenvalue weighted by molar-refractivity contribution is 7.16. The summed E-state index contributed by atoms with van der Waals surface area (Å²) >= 11 is 6.80. The summed E-state index contributed by atoms with van der Waals surface area (Å²) in [6.45, 7) is 3.45. The molecule has 1 unspecified atom stereocenters. The summed E-state index contributed by atoms with van der Waals surface area (Å²) in [7, 11) is 0. The quantitative estimate of drug-likeness (QED) is 0.665. The van der Waals surface area contributed by atoms with Crippen molar-refractivity contribution < 1.29 is 23.8 Å². The van der Waals surface area contributed by atoms with Gasteiger partial charge < -0.3 is 14.4 Å². The van der Waals surface area contributed by atoms with Gasteiger partial charge in [-0.15, -0.1) is 0 Å². The fraction of sp³-hybridized carbons (Fsp3) is 0.211. The van der Waals surface area contributed by atoms with E-state index < -0.39 is 23.7 Å². The van der Waals surface area contributed by atoms with Crippen LogP contribution in [0.4, 0.5) is 4.39 Å². The lowest BCUT2D eigenvalue weighted by Crippen LogP contribution is -2.25. The van der Waals surface area contributed by atoms with E-state index in [1.165, 1.54) is 23.6 Å². The first kappa shape index (κ1) is 20.0. The summed E-state index contributed by atoms with van der Waals surface area (Å²) in [5.74, 6) is -2.30. The lowest BCUT2D eigenvalue weighted by Gasteiger charge is -2.11. The third kappa shape index (κ3) is 3.79. The van der Waals surface area contributed by atoms with Gasteiger partial charge in [-0.05, 0) is 44.2 Å². The summed E-state index contributed by atoms with van der Waals surface area (Å²) in [6, 6.07) is 8.16. The molecule has 1 heterocycles. The van der Waals surface area contributed by atoms with Crippen molar-refractivity contribution in [3.63, 3.8) is 0 Å². The molecule has 0 aliphatic carbocycles. The minimum atomic E-state index is -1.13. The van der Waals surface area contributed by atoms with E-state index in [0.29, 0.717) is 10.5 Å². The van der Waals surface area contributed by atoms with Gasteiger partial charge in [0.15, 0.2) is 16.4 Å². The van der Waals surface area contributed by atoms with Gasteiger partial charge in [0, 0.05) is 10.6 Å². The van der Waals surface area contributed by atoms with E-state index in [1.807, 2.05) is 0 Å². The number of rotatable bonds is 5. The first-order chi connectivity index (χ1) is 13.3. The summed E-state index contributed by atoms with van der Waals surface area (Å²) in [4.78, 5) is 28.2. The number of amides is 1. The Balaban J connectivity index is 2.25. The van der Waals surface area contributed by atoms with Gasteiger partial charge in [0.25, 0.3) is 5.91 Å². The van der Waals surface area contributed by atoms with Gasteiger partial charge in [-0.1, -0.05) is 29.0 Å². The molecule has 6 nitrogen and oxygen atoms in total. The topological polar surface area (TPSA) is 80.9 Å². The first-order valence-corrected chi connectivity index (χ1v) is 9.56. The largest absolute Gasteiger partial charge is 0.491 e. The van der Waals surface area contributed by atoms with E-state index >= 15 is 0 Å². The molecule has 9 heteroatoms. The Morgan fingerprint density at radius 2 is 2.11 bits per heavy atom. The summed E-state index contributed by atoms with van der Waals surface area (Å²) in [5, 5.41) is 9.83. The van der Waals surface area contributed by atoms with Crippen molar-refractivity contribution in [2.24, 2.45) is 4.99 Å². The molecule has 0 aliphatic heterocycles. The predicted octanol–water partition coefficient (Wildman–Crippen LogP) is 4.28. The number of nitrogens with zero attached hydrogens (tertiary/aromatic N) is 2. The second kappa shape index (κ2) is 8.12. The normalized spacial score (nSPS) is 12.9. The number of carbonyl (C=O) groups is 2.